The molecule has 1 unspecified atom stereocenters. The zero-order valence-corrected chi connectivity index (χ0v) is 10.0. The van der Waals surface area contributed by atoms with Gasteiger partial charge in [0.25, 0.3) is 5.91 Å². The van der Waals surface area contributed by atoms with Gasteiger partial charge in [0, 0.05) is 19.3 Å². The second kappa shape index (κ2) is 4.57. The quantitative estimate of drug-likeness (QED) is 0.806. The van der Waals surface area contributed by atoms with Gasteiger partial charge in [-0.3, -0.25) is 19.2 Å². The maximum Gasteiger partial charge on any atom is 0.251 e. The predicted octanol–water partition coefficient (Wildman–Crippen LogP) is 0.0516. The van der Waals surface area contributed by atoms with E-state index in [0.29, 0.717) is 12.2 Å². The molecular formula is C11H16N4O2. The number of piperazine rings is 1. The van der Waals surface area contributed by atoms with Gasteiger partial charge in [0.2, 0.25) is 5.91 Å². The van der Waals surface area contributed by atoms with E-state index >= 15 is 0 Å². The normalized spacial score (nSPS) is 20.6. The van der Waals surface area contributed by atoms with E-state index in [4.69, 9.17) is 0 Å². The Labute approximate surface area is 99.6 Å². The summed E-state index contributed by atoms with van der Waals surface area (Å²) < 4.78 is 1.62. The van der Waals surface area contributed by atoms with Crippen molar-refractivity contribution < 1.29 is 9.59 Å². The molecule has 1 fully saturated rings. The molecule has 0 aliphatic carbocycles. The summed E-state index contributed by atoms with van der Waals surface area (Å²) in [5, 5.41) is 6.86. The summed E-state index contributed by atoms with van der Waals surface area (Å²) in [7, 11) is 1.78. The Hall–Kier alpha value is -1.85. The van der Waals surface area contributed by atoms with Crippen LogP contribution in [0.4, 0.5) is 5.82 Å². The molecule has 0 radical (unpaired) electrons. The highest BCUT2D eigenvalue weighted by molar-refractivity contribution is 6.05. The zero-order valence-electron chi connectivity index (χ0n) is 10.0. The maximum absolute atomic E-state index is 12.1. The van der Waals surface area contributed by atoms with Gasteiger partial charge in [0.15, 0.2) is 5.82 Å². The standard InChI is InChI=1S/C11H16N4O2/c1-3-4-8-11(17)15(7-10(16)12-8)9-5-6-14(2)13-9/h5-6,8H,3-4,7H2,1-2H3,(H,12,16). The van der Waals surface area contributed by atoms with E-state index in [9.17, 15) is 9.59 Å². The van der Waals surface area contributed by atoms with Crippen LogP contribution in [0.25, 0.3) is 0 Å². The van der Waals surface area contributed by atoms with Crippen LogP contribution in [0, 0.1) is 0 Å². The van der Waals surface area contributed by atoms with Crippen LogP contribution in [-0.4, -0.2) is 34.2 Å². The number of nitrogens with zero attached hydrogens (tertiary/aromatic N) is 3. The van der Waals surface area contributed by atoms with Crippen LogP contribution in [0.15, 0.2) is 12.3 Å². The zero-order chi connectivity index (χ0) is 12.4. The molecule has 1 atom stereocenters. The molecule has 1 aliphatic rings. The van der Waals surface area contributed by atoms with Gasteiger partial charge in [0.1, 0.15) is 12.6 Å². The summed E-state index contributed by atoms with van der Waals surface area (Å²) in [6, 6.07) is 1.32. The van der Waals surface area contributed by atoms with Crippen LogP contribution >= 0.6 is 0 Å². The lowest BCUT2D eigenvalue weighted by atomic mass is 10.1. The largest absolute Gasteiger partial charge is 0.343 e. The van der Waals surface area contributed by atoms with E-state index in [-0.39, 0.29) is 18.4 Å². The molecule has 0 bridgehead atoms. The van der Waals surface area contributed by atoms with Gasteiger partial charge in [0.05, 0.1) is 0 Å². The molecule has 1 N–H and O–H groups in total. The average molecular weight is 236 g/mol. The fraction of sp³-hybridized carbons (Fsp3) is 0.545. The van der Waals surface area contributed by atoms with Crippen molar-refractivity contribution in [2.45, 2.75) is 25.8 Å². The van der Waals surface area contributed by atoms with Crippen molar-refractivity contribution >= 4 is 17.6 Å². The highest BCUT2D eigenvalue weighted by Crippen LogP contribution is 2.16. The van der Waals surface area contributed by atoms with Crippen LogP contribution in [-0.2, 0) is 16.6 Å². The first kappa shape index (κ1) is 11.6. The predicted molar refractivity (Wildman–Crippen MR) is 62.4 cm³/mol. The molecule has 0 spiro atoms. The monoisotopic (exact) mass is 236 g/mol. The summed E-state index contributed by atoms with van der Waals surface area (Å²) in [6.07, 6.45) is 3.27. The molecule has 1 aromatic heterocycles. The highest BCUT2D eigenvalue weighted by atomic mass is 16.2. The molecule has 0 saturated carbocycles. The Bertz CT molecular complexity index is 440. The fourth-order valence-corrected chi connectivity index (χ4v) is 1.94. The number of aryl methyl sites for hydroxylation is 1. The SMILES string of the molecule is CCCC1NC(=O)CN(c2ccn(C)n2)C1=O. The number of anilines is 1. The first-order valence-electron chi connectivity index (χ1n) is 5.72. The van der Waals surface area contributed by atoms with E-state index in [1.165, 1.54) is 4.90 Å². The topological polar surface area (TPSA) is 67.2 Å². The van der Waals surface area contributed by atoms with Gasteiger partial charge < -0.3 is 5.32 Å². The Morgan fingerprint density at radius 2 is 2.29 bits per heavy atom. The number of nitrogens with one attached hydrogen (secondary N) is 1. The van der Waals surface area contributed by atoms with Crippen LogP contribution in [0.5, 0.6) is 0 Å². The van der Waals surface area contributed by atoms with E-state index < -0.39 is 6.04 Å². The van der Waals surface area contributed by atoms with Crippen molar-refractivity contribution in [3.8, 4) is 0 Å². The number of carbonyl (C=O) groups is 2. The van der Waals surface area contributed by atoms with Crippen molar-refractivity contribution in [3.63, 3.8) is 0 Å². The lowest BCUT2D eigenvalue weighted by Crippen LogP contribution is -2.58. The minimum atomic E-state index is -0.414. The molecule has 1 saturated heterocycles. The summed E-state index contributed by atoms with van der Waals surface area (Å²) in [5.74, 6) is 0.326. The van der Waals surface area contributed by atoms with Gasteiger partial charge in [-0.25, -0.2) is 0 Å². The van der Waals surface area contributed by atoms with Crippen LogP contribution in [0.1, 0.15) is 19.8 Å². The molecular weight excluding hydrogens is 220 g/mol. The number of rotatable bonds is 3. The number of hydrogen-bond acceptors (Lipinski definition) is 3. The Kier molecular flexibility index (Phi) is 3.12. The third kappa shape index (κ3) is 2.30. The Balaban J connectivity index is 2.21. The molecule has 2 amide bonds. The maximum atomic E-state index is 12.1. The van der Waals surface area contributed by atoms with E-state index in [1.807, 2.05) is 6.92 Å². The summed E-state index contributed by atoms with van der Waals surface area (Å²) >= 11 is 0. The molecule has 92 valence electrons. The second-order valence-corrected chi connectivity index (χ2v) is 4.18. The molecule has 1 aliphatic heterocycles. The van der Waals surface area contributed by atoms with Gasteiger partial charge in [-0.1, -0.05) is 13.3 Å². The number of carbonyl (C=O) groups excluding carboxylic acids is 2. The highest BCUT2D eigenvalue weighted by Gasteiger charge is 2.33. The number of amides is 2. The van der Waals surface area contributed by atoms with Crippen LogP contribution in [0.2, 0.25) is 0 Å². The lowest BCUT2D eigenvalue weighted by molar-refractivity contribution is -0.131. The smallest absolute Gasteiger partial charge is 0.251 e. The lowest BCUT2D eigenvalue weighted by Gasteiger charge is -2.30. The first-order valence-corrected chi connectivity index (χ1v) is 5.72. The third-order valence-electron chi connectivity index (χ3n) is 2.75. The summed E-state index contributed by atoms with van der Waals surface area (Å²) in [4.78, 5) is 25.1. The van der Waals surface area contributed by atoms with Crippen molar-refractivity contribution in [1.82, 2.24) is 15.1 Å². The molecule has 6 heteroatoms. The molecule has 6 nitrogen and oxygen atoms in total. The number of aromatic nitrogens is 2. The number of hydrogen-bond donors (Lipinski definition) is 1. The van der Waals surface area contributed by atoms with Crippen molar-refractivity contribution in [3.05, 3.63) is 12.3 Å². The third-order valence-corrected chi connectivity index (χ3v) is 2.75. The second-order valence-electron chi connectivity index (χ2n) is 4.18. The molecule has 17 heavy (non-hydrogen) atoms. The van der Waals surface area contributed by atoms with E-state index in [2.05, 4.69) is 10.4 Å². The molecule has 1 aromatic rings. The van der Waals surface area contributed by atoms with Gasteiger partial charge in [-0.05, 0) is 6.42 Å². The Morgan fingerprint density at radius 1 is 1.53 bits per heavy atom. The summed E-state index contributed by atoms with van der Waals surface area (Å²) in [5.41, 5.74) is 0. The van der Waals surface area contributed by atoms with Crippen LogP contribution < -0.4 is 10.2 Å². The Morgan fingerprint density at radius 3 is 2.88 bits per heavy atom. The average Bonchev–Trinajstić information content (AvgIpc) is 2.70. The minimum absolute atomic E-state index is 0.0516. The molecule has 2 heterocycles. The first-order chi connectivity index (χ1) is 8.11. The van der Waals surface area contributed by atoms with Crippen molar-refractivity contribution in [1.29, 1.82) is 0 Å². The van der Waals surface area contributed by atoms with Crippen molar-refractivity contribution in [2.24, 2.45) is 7.05 Å². The van der Waals surface area contributed by atoms with Crippen molar-refractivity contribution in [2.75, 3.05) is 11.4 Å². The molecule has 2 rings (SSSR count). The molecule has 0 aromatic carbocycles. The van der Waals surface area contributed by atoms with Gasteiger partial charge in [-0.15, -0.1) is 0 Å². The van der Waals surface area contributed by atoms with E-state index in [0.717, 1.165) is 6.42 Å². The fourth-order valence-electron chi connectivity index (χ4n) is 1.94. The summed E-state index contributed by atoms with van der Waals surface area (Å²) in [6.45, 7) is 2.04. The van der Waals surface area contributed by atoms with Gasteiger partial charge >= 0.3 is 0 Å². The minimum Gasteiger partial charge on any atom is -0.343 e. The van der Waals surface area contributed by atoms with E-state index in [1.54, 1.807) is 24.0 Å². The van der Waals surface area contributed by atoms with Crippen LogP contribution in [0.3, 0.4) is 0 Å². The van der Waals surface area contributed by atoms with Gasteiger partial charge in [-0.2, -0.15) is 5.10 Å².